The number of hydrogen-bond donors (Lipinski definition) is 1. The van der Waals surface area contributed by atoms with Crippen LogP contribution in [0.25, 0.3) is 0 Å². The number of nitro groups is 1. The van der Waals surface area contributed by atoms with Gasteiger partial charge in [-0.2, -0.15) is 0 Å². The topological polar surface area (TPSA) is 94.7 Å². The molecule has 0 radical (unpaired) electrons. The van der Waals surface area contributed by atoms with Crippen molar-refractivity contribution in [3.8, 4) is 17.4 Å². The first-order valence-electron chi connectivity index (χ1n) is 6.16. The third-order valence-corrected chi connectivity index (χ3v) is 2.82. The summed E-state index contributed by atoms with van der Waals surface area (Å²) in [6.45, 7) is 1.58. The van der Waals surface area contributed by atoms with Crippen molar-refractivity contribution in [1.82, 2.24) is 4.98 Å². The quantitative estimate of drug-likeness (QED) is 0.672. The highest BCUT2D eigenvalue weighted by Gasteiger charge is 2.16. The molecule has 2 aromatic rings. The van der Waals surface area contributed by atoms with Crippen molar-refractivity contribution in [3.05, 3.63) is 52.2 Å². The van der Waals surface area contributed by atoms with E-state index in [0.29, 0.717) is 11.3 Å². The van der Waals surface area contributed by atoms with Gasteiger partial charge in [-0.1, -0.05) is 0 Å². The average Bonchev–Trinajstić information content (AvgIpc) is 2.47. The van der Waals surface area contributed by atoms with Crippen LogP contribution in [0.3, 0.4) is 0 Å². The van der Waals surface area contributed by atoms with Crippen molar-refractivity contribution >= 4 is 5.69 Å². The summed E-state index contributed by atoms with van der Waals surface area (Å²) < 4.78 is 10.7. The summed E-state index contributed by atoms with van der Waals surface area (Å²) in [5, 5.41) is 20.5. The fourth-order valence-electron chi connectivity index (χ4n) is 1.77. The molecule has 21 heavy (non-hydrogen) atoms. The highest BCUT2D eigenvalue weighted by atomic mass is 16.6. The van der Waals surface area contributed by atoms with Gasteiger partial charge in [0.15, 0.2) is 11.5 Å². The summed E-state index contributed by atoms with van der Waals surface area (Å²) in [6.07, 6.45) is 0.726. The Morgan fingerprint density at radius 1 is 1.33 bits per heavy atom. The Morgan fingerprint density at radius 3 is 2.71 bits per heavy atom. The molecule has 1 N–H and O–H groups in total. The minimum Gasteiger partial charge on any atom is -0.493 e. The van der Waals surface area contributed by atoms with Crippen LogP contribution in [-0.2, 0) is 0 Å². The van der Waals surface area contributed by atoms with Gasteiger partial charge in [0.05, 0.1) is 24.2 Å². The first-order valence-corrected chi connectivity index (χ1v) is 6.16. The number of non-ortho nitro benzene ring substituents is 1. The minimum absolute atomic E-state index is 0.125. The lowest BCUT2D eigenvalue weighted by molar-refractivity contribution is -0.384. The number of aromatic nitrogens is 1. The molecule has 2 rings (SSSR count). The Hall–Kier alpha value is -2.67. The predicted octanol–water partition coefficient (Wildman–Crippen LogP) is 2.84. The fourth-order valence-corrected chi connectivity index (χ4v) is 1.77. The van der Waals surface area contributed by atoms with Crippen LogP contribution < -0.4 is 9.47 Å². The molecular formula is C14H14N2O5. The molecule has 1 aromatic carbocycles. The second kappa shape index (κ2) is 6.19. The first kappa shape index (κ1) is 14.7. The smallest absolute Gasteiger partial charge is 0.273 e. The average molecular weight is 290 g/mol. The molecule has 1 heterocycles. The van der Waals surface area contributed by atoms with Crippen LogP contribution in [0.4, 0.5) is 5.69 Å². The Bertz CT molecular complexity index is 658. The monoisotopic (exact) mass is 290 g/mol. The molecule has 1 aromatic heterocycles. The second-order valence-electron chi connectivity index (χ2n) is 4.27. The molecular weight excluding hydrogens is 276 g/mol. The Labute approximate surface area is 120 Å². The summed E-state index contributed by atoms with van der Waals surface area (Å²) in [5.41, 5.74) is 0.353. The molecule has 7 nitrogen and oxygen atoms in total. The molecule has 0 saturated carbocycles. The number of nitro benzene ring substituents is 1. The van der Waals surface area contributed by atoms with Gasteiger partial charge in [0.1, 0.15) is 0 Å². The lowest BCUT2D eigenvalue weighted by Gasteiger charge is -2.13. The van der Waals surface area contributed by atoms with Crippen LogP contribution in [-0.4, -0.2) is 22.1 Å². The number of methoxy groups -OCH3 is 1. The van der Waals surface area contributed by atoms with E-state index in [9.17, 15) is 15.2 Å². The number of benzene rings is 1. The van der Waals surface area contributed by atoms with E-state index >= 15 is 0 Å². The standard InChI is InChI=1S/C14H14N2O5/c1-9(17)11-4-3-7-15-14(11)21-13-8-10(16(18)19)5-6-12(13)20-2/h3-9,17H,1-2H3/t9-/m0/s1. The third kappa shape index (κ3) is 3.26. The molecule has 0 aliphatic rings. The van der Waals surface area contributed by atoms with E-state index in [4.69, 9.17) is 9.47 Å². The first-order chi connectivity index (χ1) is 10.0. The highest BCUT2D eigenvalue weighted by molar-refractivity contribution is 5.50. The summed E-state index contributed by atoms with van der Waals surface area (Å²) >= 11 is 0. The van der Waals surface area contributed by atoms with Crippen molar-refractivity contribution in [2.45, 2.75) is 13.0 Å². The molecule has 1 atom stereocenters. The maximum absolute atomic E-state index is 10.8. The van der Waals surface area contributed by atoms with E-state index in [2.05, 4.69) is 4.98 Å². The summed E-state index contributed by atoms with van der Waals surface area (Å²) in [4.78, 5) is 14.3. The highest BCUT2D eigenvalue weighted by Crippen LogP contribution is 2.36. The Kier molecular flexibility index (Phi) is 4.34. The number of aliphatic hydroxyl groups is 1. The zero-order chi connectivity index (χ0) is 15.4. The maximum atomic E-state index is 10.8. The van der Waals surface area contributed by atoms with Gasteiger partial charge in [0.25, 0.3) is 5.69 Å². The van der Waals surface area contributed by atoms with Gasteiger partial charge in [0, 0.05) is 17.8 Å². The van der Waals surface area contributed by atoms with E-state index in [1.807, 2.05) is 0 Å². The molecule has 0 amide bonds. The van der Waals surface area contributed by atoms with Gasteiger partial charge in [0.2, 0.25) is 5.88 Å². The minimum atomic E-state index is -0.779. The number of rotatable bonds is 5. The summed E-state index contributed by atoms with van der Waals surface area (Å²) in [6, 6.07) is 7.34. The molecule has 7 heteroatoms. The number of aliphatic hydroxyl groups excluding tert-OH is 1. The molecule has 0 bridgehead atoms. The zero-order valence-electron chi connectivity index (χ0n) is 11.5. The molecule has 0 aliphatic heterocycles. The van der Waals surface area contributed by atoms with Gasteiger partial charge >= 0.3 is 0 Å². The molecule has 0 aliphatic carbocycles. The van der Waals surface area contributed by atoms with Crippen LogP contribution >= 0.6 is 0 Å². The van der Waals surface area contributed by atoms with E-state index in [-0.39, 0.29) is 17.3 Å². The van der Waals surface area contributed by atoms with Crippen molar-refractivity contribution < 1.29 is 19.5 Å². The normalized spacial score (nSPS) is 11.8. The SMILES string of the molecule is COc1ccc([N+](=O)[O-])cc1Oc1ncccc1[C@H](C)O. The van der Waals surface area contributed by atoms with Gasteiger partial charge in [-0.25, -0.2) is 4.98 Å². The summed E-state index contributed by atoms with van der Waals surface area (Å²) in [5.74, 6) is 0.668. The van der Waals surface area contributed by atoms with Gasteiger partial charge in [-0.3, -0.25) is 10.1 Å². The Balaban J connectivity index is 2.43. The number of ether oxygens (including phenoxy) is 2. The van der Waals surface area contributed by atoms with Crippen LogP contribution in [0.5, 0.6) is 17.4 Å². The van der Waals surface area contributed by atoms with E-state index in [0.717, 1.165) is 0 Å². The lowest BCUT2D eigenvalue weighted by Crippen LogP contribution is -2.00. The van der Waals surface area contributed by atoms with Gasteiger partial charge in [-0.05, 0) is 25.1 Å². The molecule has 0 saturated heterocycles. The lowest BCUT2D eigenvalue weighted by atomic mass is 10.2. The third-order valence-electron chi connectivity index (χ3n) is 2.82. The summed E-state index contributed by atoms with van der Waals surface area (Å²) in [7, 11) is 1.43. The van der Waals surface area contributed by atoms with Crippen LogP contribution in [0.1, 0.15) is 18.6 Å². The second-order valence-corrected chi connectivity index (χ2v) is 4.27. The van der Waals surface area contributed by atoms with E-state index in [1.54, 1.807) is 19.1 Å². The number of nitrogens with zero attached hydrogens (tertiary/aromatic N) is 2. The molecule has 0 spiro atoms. The van der Waals surface area contributed by atoms with Crippen molar-refractivity contribution in [2.24, 2.45) is 0 Å². The molecule has 0 unspecified atom stereocenters. The zero-order valence-corrected chi connectivity index (χ0v) is 11.5. The maximum Gasteiger partial charge on any atom is 0.273 e. The largest absolute Gasteiger partial charge is 0.493 e. The van der Waals surface area contributed by atoms with Crippen LogP contribution in [0.15, 0.2) is 36.5 Å². The molecule has 110 valence electrons. The van der Waals surface area contributed by atoms with E-state index < -0.39 is 11.0 Å². The Morgan fingerprint density at radius 2 is 2.10 bits per heavy atom. The van der Waals surface area contributed by atoms with Crippen molar-refractivity contribution in [2.75, 3.05) is 7.11 Å². The fraction of sp³-hybridized carbons (Fsp3) is 0.214. The number of pyridine rings is 1. The number of hydrogen-bond acceptors (Lipinski definition) is 6. The van der Waals surface area contributed by atoms with E-state index in [1.165, 1.54) is 31.5 Å². The van der Waals surface area contributed by atoms with Crippen LogP contribution in [0.2, 0.25) is 0 Å². The van der Waals surface area contributed by atoms with Crippen LogP contribution in [0, 0.1) is 10.1 Å². The van der Waals surface area contributed by atoms with Gasteiger partial charge in [-0.15, -0.1) is 0 Å². The molecule has 0 fully saturated rings. The van der Waals surface area contributed by atoms with Crippen molar-refractivity contribution in [3.63, 3.8) is 0 Å². The van der Waals surface area contributed by atoms with Gasteiger partial charge < -0.3 is 14.6 Å². The predicted molar refractivity (Wildman–Crippen MR) is 74.6 cm³/mol. The van der Waals surface area contributed by atoms with Crippen molar-refractivity contribution in [1.29, 1.82) is 0 Å².